The molecular formula is C19H27N3O3. The number of β-amino-alcohol motifs (C(OH)–C–C–N with tert-alkyl or cyclic N) is 1. The van der Waals surface area contributed by atoms with Gasteiger partial charge in [-0.2, -0.15) is 5.26 Å². The Labute approximate surface area is 149 Å². The zero-order valence-electron chi connectivity index (χ0n) is 14.6. The molecule has 1 N–H and O–H groups in total. The Morgan fingerprint density at radius 3 is 2.56 bits per heavy atom. The summed E-state index contributed by atoms with van der Waals surface area (Å²) >= 11 is 0. The molecule has 0 spiro atoms. The monoisotopic (exact) mass is 345 g/mol. The second-order valence-electron chi connectivity index (χ2n) is 6.84. The van der Waals surface area contributed by atoms with Gasteiger partial charge in [0.1, 0.15) is 18.5 Å². The van der Waals surface area contributed by atoms with Crippen LogP contribution in [0.25, 0.3) is 0 Å². The fraction of sp³-hybridized carbons (Fsp3) is 0.632. The number of nitrogens with zero attached hydrogens (tertiary/aromatic N) is 3. The molecule has 0 aromatic heterocycles. The van der Waals surface area contributed by atoms with Crippen molar-refractivity contribution in [1.82, 2.24) is 9.80 Å². The Kier molecular flexibility index (Phi) is 6.65. The van der Waals surface area contributed by atoms with Crippen LogP contribution in [-0.2, 0) is 4.74 Å². The molecule has 2 fully saturated rings. The first-order chi connectivity index (χ1) is 12.2. The van der Waals surface area contributed by atoms with Crippen molar-refractivity contribution in [3.63, 3.8) is 0 Å². The molecule has 0 radical (unpaired) electrons. The van der Waals surface area contributed by atoms with Crippen LogP contribution in [0.3, 0.4) is 0 Å². The summed E-state index contributed by atoms with van der Waals surface area (Å²) in [5, 5.41) is 19.0. The molecule has 0 amide bonds. The highest BCUT2D eigenvalue weighted by molar-refractivity contribution is 5.34. The topological polar surface area (TPSA) is 69.0 Å². The molecular weight excluding hydrogens is 318 g/mol. The van der Waals surface area contributed by atoms with Crippen LogP contribution >= 0.6 is 0 Å². The Bertz CT molecular complexity index is 558. The van der Waals surface area contributed by atoms with Crippen LogP contribution in [0, 0.1) is 11.3 Å². The van der Waals surface area contributed by atoms with Crippen LogP contribution in [0.5, 0.6) is 5.75 Å². The normalized spacial score (nSPS) is 23.3. The van der Waals surface area contributed by atoms with Gasteiger partial charge in [0.15, 0.2) is 0 Å². The van der Waals surface area contributed by atoms with E-state index in [2.05, 4.69) is 15.9 Å². The van der Waals surface area contributed by atoms with E-state index in [1.807, 2.05) is 0 Å². The van der Waals surface area contributed by atoms with Gasteiger partial charge in [-0.25, -0.2) is 0 Å². The summed E-state index contributed by atoms with van der Waals surface area (Å²) in [4.78, 5) is 4.75. The van der Waals surface area contributed by atoms with Crippen molar-refractivity contribution in [2.45, 2.75) is 25.0 Å². The van der Waals surface area contributed by atoms with Gasteiger partial charge in [0.25, 0.3) is 0 Å². The number of piperazine rings is 1. The molecule has 0 saturated carbocycles. The molecule has 3 rings (SSSR count). The quantitative estimate of drug-likeness (QED) is 0.798. The lowest BCUT2D eigenvalue weighted by atomic mass is 10.2. The van der Waals surface area contributed by atoms with Gasteiger partial charge >= 0.3 is 0 Å². The average molecular weight is 345 g/mol. The number of ether oxygens (including phenoxy) is 2. The van der Waals surface area contributed by atoms with E-state index in [0.717, 1.165) is 39.3 Å². The predicted molar refractivity (Wildman–Crippen MR) is 94.5 cm³/mol. The molecule has 6 nitrogen and oxygen atoms in total. The van der Waals surface area contributed by atoms with E-state index < -0.39 is 6.10 Å². The summed E-state index contributed by atoms with van der Waals surface area (Å²) in [5.41, 5.74) is 0.605. The Balaban J connectivity index is 1.33. The van der Waals surface area contributed by atoms with Gasteiger partial charge in [0.05, 0.1) is 17.7 Å². The van der Waals surface area contributed by atoms with E-state index in [-0.39, 0.29) is 6.61 Å². The fourth-order valence-electron chi connectivity index (χ4n) is 3.40. The lowest BCUT2D eigenvalue weighted by Gasteiger charge is -2.36. The molecule has 0 aliphatic carbocycles. The second-order valence-corrected chi connectivity index (χ2v) is 6.84. The van der Waals surface area contributed by atoms with E-state index in [9.17, 15) is 5.11 Å². The Morgan fingerprint density at radius 1 is 1.20 bits per heavy atom. The molecule has 0 bridgehead atoms. The van der Waals surface area contributed by atoms with Crippen molar-refractivity contribution in [1.29, 1.82) is 5.26 Å². The van der Waals surface area contributed by atoms with Crippen LogP contribution in [-0.4, -0.2) is 79.6 Å². The van der Waals surface area contributed by atoms with Crippen LogP contribution in [0.15, 0.2) is 24.3 Å². The molecule has 6 heteroatoms. The van der Waals surface area contributed by atoms with Crippen molar-refractivity contribution in [3.05, 3.63) is 29.8 Å². The van der Waals surface area contributed by atoms with Gasteiger partial charge in [-0.3, -0.25) is 9.80 Å². The minimum absolute atomic E-state index is 0.266. The molecule has 25 heavy (non-hydrogen) atoms. The maximum Gasteiger partial charge on any atom is 0.119 e. The molecule has 2 aliphatic rings. The smallest absolute Gasteiger partial charge is 0.119 e. The molecule has 2 heterocycles. The minimum Gasteiger partial charge on any atom is -0.491 e. The Morgan fingerprint density at radius 2 is 1.92 bits per heavy atom. The molecule has 2 saturated heterocycles. The van der Waals surface area contributed by atoms with Crippen molar-refractivity contribution in [3.8, 4) is 11.8 Å². The largest absolute Gasteiger partial charge is 0.491 e. The van der Waals surface area contributed by atoms with Gasteiger partial charge in [0, 0.05) is 45.9 Å². The van der Waals surface area contributed by atoms with Crippen molar-refractivity contribution < 1.29 is 14.6 Å². The lowest BCUT2D eigenvalue weighted by molar-refractivity contribution is 0.0263. The van der Waals surface area contributed by atoms with Crippen LogP contribution in [0.1, 0.15) is 18.4 Å². The van der Waals surface area contributed by atoms with Crippen LogP contribution in [0.2, 0.25) is 0 Å². The van der Waals surface area contributed by atoms with E-state index in [4.69, 9.17) is 14.7 Å². The third kappa shape index (κ3) is 5.68. The SMILES string of the molecule is N#Cc1ccc(OC[C@@H](O)CN2CCN(C[C@@H]3CCCO3)CC2)cc1. The minimum atomic E-state index is -0.514. The van der Waals surface area contributed by atoms with Crippen molar-refractivity contribution in [2.75, 3.05) is 52.5 Å². The first kappa shape index (κ1) is 18.2. The number of hydrogen-bond donors (Lipinski definition) is 1. The third-order valence-electron chi connectivity index (χ3n) is 4.85. The number of aliphatic hydroxyl groups excluding tert-OH is 1. The number of hydrogen-bond acceptors (Lipinski definition) is 6. The predicted octanol–water partition coefficient (Wildman–Crippen LogP) is 1.09. The maximum atomic E-state index is 10.2. The highest BCUT2D eigenvalue weighted by Crippen LogP contribution is 2.15. The van der Waals surface area contributed by atoms with Gasteiger partial charge in [-0.1, -0.05) is 0 Å². The third-order valence-corrected chi connectivity index (χ3v) is 4.85. The van der Waals surface area contributed by atoms with Crippen molar-refractivity contribution in [2.24, 2.45) is 0 Å². The number of rotatable bonds is 7. The van der Waals surface area contributed by atoms with Crippen LogP contribution in [0.4, 0.5) is 0 Å². The summed E-state index contributed by atoms with van der Waals surface area (Å²) in [6.45, 7) is 6.85. The molecule has 1 aromatic rings. The summed E-state index contributed by atoms with van der Waals surface area (Å²) < 4.78 is 11.3. The zero-order valence-corrected chi connectivity index (χ0v) is 14.6. The van der Waals surface area contributed by atoms with Gasteiger partial charge in [0.2, 0.25) is 0 Å². The first-order valence-electron chi connectivity index (χ1n) is 9.10. The summed E-state index contributed by atoms with van der Waals surface area (Å²) in [7, 11) is 0. The zero-order chi connectivity index (χ0) is 17.5. The van der Waals surface area contributed by atoms with E-state index in [0.29, 0.717) is 24.0 Å². The number of benzene rings is 1. The average Bonchev–Trinajstić information content (AvgIpc) is 3.15. The second kappa shape index (κ2) is 9.16. The van der Waals surface area contributed by atoms with E-state index >= 15 is 0 Å². The molecule has 1 aromatic carbocycles. The van der Waals surface area contributed by atoms with Gasteiger partial charge < -0.3 is 14.6 Å². The van der Waals surface area contributed by atoms with Crippen LogP contribution < -0.4 is 4.74 Å². The number of nitriles is 1. The lowest BCUT2D eigenvalue weighted by Crippen LogP contribution is -2.50. The summed E-state index contributed by atoms with van der Waals surface area (Å²) in [6.07, 6.45) is 2.28. The standard InChI is InChI=1S/C19H27N3O3/c20-12-16-3-5-18(6-4-16)25-15-17(23)13-21-7-9-22(10-8-21)14-19-2-1-11-24-19/h3-6,17,19,23H,1-2,7-11,13-15H2/t17-,19-/m0/s1. The van der Waals surface area contributed by atoms with Crippen molar-refractivity contribution >= 4 is 0 Å². The summed E-state index contributed by atoms with van der Waals surface area (Å²) in [6, 6.07) is 9.03. The van der Waals surface area contributed by atoms with Gasteiger partial charge in [-0.15, -0.1) is 0 Å². The highest BCUT2D eigenvalue weighted by atomic mass is 16.5. The molecule has 2 aliphatic heterocycles. The molecule has 2 atom stereocenters. The first-order valence-corrected chi connectivity index (χ1v) is 9.10. The molecule has 0 unspecified atom stereocenters. The Hall–Kier alpha value is -1.65. The fourth-order valence-corrected chi connectivity index (χ4v) is 3.40. The van der Waals surface area contributed by atoms with E-state index in [1.54, 1.807) is 24.3 Å². The molecule has 136 valence electrons. The number of aliphatic hydroxyl groups is 1. The maximum absolute atomic E-state index is 10.2. The highest BCUT2D eigenvalue weighted by Gasteiger charge is 2.23. The summed E-state index contributed by atoms with van der Waals surface area (Å²) in [5.74, 6) is 0.680. The van der Waals surface area contributed by atoms with E-state index in [1.165, 1.54) is 12.8 Å². The van der Waals surface area contributed by atoms with Gasteiger partial charge in [-0.05, 0) is 37.1 Å².